The molecule has 0 fully saturated rings. The van der Waals surface area contributed by atoms with Gasteiger partial charge in [-0.2, -0.15) is 0 Å². The molecule has 133 heavy (non-hydrogen) atoms. The van der Waals surface area contributed by atoms with Gasteiger partial charge in [-0.05, 0) is 61.5 Å². The van der Waals surface area contributed by atoms with E-state index in [2.05, 4.69) is 505 Å². The molecule has 0 spiro atoms. The van der Waals surface area contributed by atoms with E-state index in [1.54, 1.807) is 0 Å². The Morgan fingerprint density at radius 1 is 0.180 bits per heavy atom. The zero-order valence-corrected chi connectivity index (χ0v) is 76.2. The first kappa shape index (κ1) is 92.6. The molecule has 16 aromatic carbocycles. The average molecular weight is 1770 g/mol. The second-order valence-electron chi connectivity index (χ2n) is 34.3. The van der Waals surface area contributed by atoms with Gasteiger partial charge in [-0.1, -0.05) is 485 Å². The SMILES string of the molecule is N=C(N(Cc1ccccc1)Cc1ccccc1)[N+](Cc1ccccc1)(Cc1ccccc1)[P+]([N+](Cc1ccccc1)(Cc1ccccc1)C(=N)N(Cc1ccccc1)Cc1ccccc1)([N+](Cc1ccccc1)(Cc1ccccc1)C(=N)N(Cc1ccccc1)Cc1ccccc1)[N+](Cc1ccccc1)(Cc1ccccc1)C(=N)N(Cc1ccccc1)Cc1ccccc1.O=C(O)O.[H+]. The topological polar surface area (TPSA) is 166 Å². The molecule has 0 bridgehead atoms. The first-order chi connectivity index (χ1) is 65.2. The van der Waals surface area contributed by atoms with Crippen LogP contribution < -0.4 is 0 Å². The second kappa shape index (κ2) is 45.5. The van der Waals surface area contributed by atoms with Crippen molar-refractivity contribution in [2.75, 3.05) is 0 Å². The van der Waals surface area contributed by atoms with Crippen molar-refractivity contribution in [2.24, 2.45) is 0 Å². The number of carbonyl (C=O) groups is 1. The van der Waals surface area contributed by atoms with E-state index in [9.17, 15) is 21.6 Å². The van der Waals surface area contributed by atoms with E-state index in [-0.39, 0.29) is 147 Å². The lowest BCUT2D eigenvalue weighted by Crippen LogP contribution is -2.83. The van der Waals surface area contributed by atoms with E-state index >= 15 is 0 Å². The van der Waals surface area contributed by atoms with Crippen LogP contribution in [0.1, 0.15) is 90.4 Å². The number of rotatable bonds is 36. The lowest BCUT2D eigenvalue weighted by Gasteiger charge is -2.60. The van der Waals surface area contributed by atoms with E-state index in [1.807, 2.05) is 0 Å². The third kappa shape index (κ3) is 22.7. The molecule has 0 saturated carbocycles. The minimum atomic E-state index is -5.38. The summed E-state index contributed by atoms with van der Waals surface area (Å²) in [4.78, 5) is 18.1. The first-order valence-corrected chi connectivity index (χ1v) is 47.1. The summed E-state index contributed by atoms with van der Waals surface area (Å²) in [6.45, 7) is 2.72. The van der Waals surface area contributed by atoms with Gasteiger partial charge in [0.05, 0.1) is 0 Å². The number of nitrogens with one attached hydrogen (secondary N) is 4. The van der Waals surface area contributed by atoms with Gasteiger partial charge in [-0.3, -0.25) is 19.6 Å². The summed E-state index contributed by atoms with van der Waals surface area (Å²) in [6, 6.07) is 174. The monoisotopic (exact) mass is 1770 g/mol. The van der Waals surface area contributed by atoms with E-state index in [1.165, 1.54) is 0 Å². The van der Waals surface area contributed by atoms with Gasteiger partial charge in [0, 0.05) is 96.9 Å². The Morgan fingerprint density at radius 2 is 0.263 bits per heavy atom. The van der Waals surface area contributed by atoms with Crippen molar-refractivity contribution in [3.05, 3.63) is 574 Å². The normalized spacial score (nSPS) is 11.9. The predicted octanol–water partition coefficient (Wildman–Crippen LogP) is 26.4. The maximum atomic E-state index is 14.0. The van der Waals surface area contributed by atoms with Crippen molar-refractivity contribution in [2.45, 2.75) is 105 Å². The lowest BCUT2D eigenvalue weighted by atomic mass is 10.1. The van der Waals surface area contributed by atoms with Crippen molar-refractivity contribution in [1.82, 2.24) is 19.6 Å². The van der Waals surface area contributed by atoms with Gasteiger partial charge in [0.15, 0.2) is 52.4 Å². The standard InChI is InChI=1S/C116H116N12P.CH2O3/c117-113(121(81-97-49-17-1-18-50-97)82-98-51-19-2-20-52-98)125(89-105-65-33-9-34-66-105,90-106-67-35-10-36-68-106)129(126(91-107-69-37-11-38-70-107,92-108-71-39-12-40-72-108)114(118)122(83-99-53-21-3-22-54-99)84-100-55-23-4-24-56-100,127(93-109-73-41-13-42-74-109,94-110-75-43-14-44-76-110)115(119)123(85-101-57-25-5-26-58-101)86-102-59-27-6-28-60-102)128(95-111-77-45-15-46-78-111,96-112-79-47-16-48-80-112)116(120)124(87-103-61-29-7-30-62-103)88-104-63-31-8-32-64-104;2-1(3)4/h1-80,117-120H,81-96H2;(H2,2,3,4)/q+5;/p+1. The summed E-state index contributed by atoms with van der Waals surface area (Å²) in [5.41, 5.74) is 15.4. The van der Waals surface area contributed by atoms with Crippen LogP contribution in [0.3, 0.4) is 0 Å². The molecule has 664 valence electrons. The van der Waals surface area contributed by atoms with Crippen LogP contribution in [0, 0.1) is 21.6 Å². The van der Waals surface area contributed by atoms with Gasteiger partial charge in [0.25, 0.3) is 0 Å². The van der Waals surface area contributed by atoms with Gasteiger partial charge >= 0.3 is 39.3 Å². The van der Waals surface area contributed by atoms with Crippen LogP contribution in [0.4, 0.5) is 4.79 Å². The minimum absolute atomic E-state index is 0. The van der Waals surface area contributed by atoms with E-state index < -0.39 is 14.0 Å². The summed E-state index contributed by atoms with van der Waals surface area (Å²) in [5, 5.41) is 69.9. The molecule has 6 N–H and O–H groups in total. The molecule has 0 aromatic heterocycles. The van der Waals surface area contributed by atoms with Crippen LogP contribution >= 0.6 is 7.87 Å². The number of guanidine groups is 4. The molecule has 0 heterocycles. The number of benzene rings is 16. The number of nitrogens with zero attached hydrogens (tertiary/aromatic N) is 8. The zero-order valence-electron chi connectivity index (χ0n) is 76.3. The smallest absolute Gasteiger partial charge is 0.450 e. The Morgan fingerprint density at radius 3 is 0.353 bits per heavy atom. The molecule has 0 aliphatic carbocycles. The first-order valence-electron chi connectivity index (χ1n) is 45.5. The molecular weight excluding hydrogens is 1650 g/mol. The Labute approximate surface area is 786 Å². The van der Waals surface area contributed by atoms with Crippen molar-refractivity contribution in [3.8, 4) is 0 Å². The molecule has 0 atom stereocenters. The fourth-order valence-corrected chi connectivity index (χ4v) is 27.7. The van der Waals surface area contributed by atoms with Crippen LogP contribution in [0.5, 0.6) is 0 Å². The Bertz CT molecular complexity index is 5180. The average Bonchev–Trinajstić information content (AvgIpc) is 0.637. The van der Waals surface area contributed by atoms with Crippen LogP contribution in [0.25, 0.3) is 0 Å². The molecule has 16 aromatic rings. The van der Waals surface area contributed by atoms with Crippen LogP contribution in [-0.4, -0.2) is 76.8 Å². The maximum Gasteiger partial charge on any atom is 1.00 e. The van der Waals surface area contributed by atoms with Crippen molar-refractivity contribution < 1.29 is 33.4 Å². The molecule has 0 aliphatic heterocycles. The van der Waals surface area contributed by atoms with E-state index in [0.29, 0.717) is 0 Å². The minimum Gasteiger partial charge on any atom is -0.450 e. The van der Waals surface area contributed by atoms with E-state index in [0.717, 1.165) is 89.0 Å². The summed E-state index contributed by atoms with van der Waals surface area (Å²) in [6.07, 6.45) is -1.83. The van der Waals surface area contributed by atoms with Gasteiger partial charge < -0.3 is 10.2 Å². The van der Waals surface area contributed by atoms with E-state index in [4.69, 9.17) is 15.0 Å². The molecular formula is C117H119N12O3P+6. The predicted molar refractivity (Wildman–Crippen MR) is 540 cm³/mol. The van der Waals surface area contributed by atoms with Gasteiger partial charge in [-0.15, -0.1) is 0 Å². The fourth-order valence-electron chi connectivity index (χ4n) is 19.4. The van der Waals surface area contributed by atoms with Crippen molar-refractivity contribution >= 4 is 37.9 Å². The maximum absolute atomic E-state index is 14.0. The van der Waals surface area contributed by atoms with Crippen molar-refractivity contribution in [1.29, 1.82) is 21.6 Å². The summed E-state index contributed by atoms with van der Waals surface area (Å²) >= 11 is 0. The summed E-state index contributed by atoms with van der Waals surface area (Å²) in [5.74, 6) is 1.06. The highest BCUT2D eigenvalue weighted by Crippen LogP contribution is 2.89. The summed E-state index contributed by atoms with van der Waals surface area (Å²) in [7, 11) is -5.38. The second-order valence-corrected chi connectivity index (χ2v) is 38.4. The van der Waals surface area contributed by atoms with Crippen LogP contribution in [0.2, 0.25) is 0 Å². The zero-order chi connectivity index (χ0) is 91.8. The molecule has 0 unspecified atom stereocenters. The highest BCUT2D eigenvalue weighted by Gasteiger charge is 3.03. The number of quaternary nitrogens is 4. The highest BCUT2D eigenvalue weighted by atomic mass is 31.2. The molecule has 0 aliphatic rings. The fraction of sp³-hybridized carbons (Fsp3) is 0.137. The molecule has 16 rings (SSSR count). The Balaban J connectivity index is 0.00000282. The molecule has 0 saturated heterocycles. The van der Waals surface area contributed by atoms with Crippen LogP contribution in [-0.2, 0) is 105 Å². The molecule has 0 radical (unpaired) electrons. The quantitative estimate of drug-likeness (QED) is 0.0129. The summed E-state index contributed by atoms with van der Waals surface area (Å²) < 4.78 is -1.25. The molecule has 15 nitrogen and oxygen atoms in total. The number of hydrogen-bond acceptors (Lipinski definition) is 5. The third-order valence-corrected chi connectivity index (χ3v) is 30.9. The van der Waals surface area contributed by atoms with Crippen molar-refractivity contribution in [3.63, 3.8) is 0 Å². The van der Waals surface area contributed by atoms with Crippen LogP contribution in [0.15, 0.2) is 485 Å². The number of hydrogen-bond donors (Lipinski definition) is 6. The Hall–Kier alpha value is -15.1. The third-order valence-electron chi connectivity index (χ3n) is 24.9. The molecule has 0 amide bonds. The lowest BCUT2D eigenvalue weighted by molar-refractivity contribution is -1.03. The van der Waals surface area contributed by atoms with Gasteiger partial charge in [0.2, 0.25) is 0 Å². The van der Waals surface area contributed by atoms with Gasteiger partial charge in [0.1, 0.15) is 0 Å². The van der Waals surface area contributed by atoms with Gasteiger partial charge in [-0.25, -0.2) is 26.4 Å². The highest BCUT2D eigenvalue weighted by molar-refractivity contribution is 7.55. The largest absolute Gasteiger partial charge is 1.00 e. The number of carboxylic acid groups (broad SMARTS) is 2. The Kier molecular flexibility index (Phi) is 31.7. The molecule has 16 heteroatoms.